The lowest BCUT2D eigenvalue weighted by molar-refractivity contribution is -0.122. The number of carbonyl (C=O) groups is 2. The molecule has 0 bridgehead atoms. The minimum absolute atomic E-state index is 0.266. The molecule has 1 aliphatic heterocycles. The van der Waals surface area contributed by atoms with Crippen LogP contribution in [0.3, 0.4) is 0 Å². The van der Waals surface area contributed by atoms with E-state index < -0.39 is 0 Å². The van der Waals surface area contributed by atoms with Crippen LogP contribution in [0, 0.1) is 13.8 Å². The summed E-state index contributed by atoms with van der Waals surface area (Å²) >= 11 is 3.59. The number of para-hydroxylation sites is 1. The molecule has 0 atom stereocenters. The van der Waals surface area contributed by atoms with Crippen LogP contribution in [-0.2, 0) is 4.79 Å². The lowest BCUT2D eigenvalue weighted by atomic mass is 10.2. The molecule has 3 rings (SSSR count). The summed E-state index contributed by atoms with van der Waals surface area (Å²) < 4.78 is 3.12. The molecule has 2 aromatic rings. The Balaban J connectivity index is 2.01. The number of nitrogens with zero attached hydrogens (tertiary/aromatic N) is 2. The van der Waals surface area contributed by atoms with E-state index in [9.17, 15) is 9.59 Å². The molecule has 0 unspecified atom stereocenters. The topological polar surface area (TPSA) is 54.3 Å². The number of benzene rings is 1. The van der Waals surface area contributed by atoms with Crippen LogP contribution in [0.4, 0.5) is 4.79 Å². The zero-order valence-corrected chi connectivity index (χ0v) is 16.1. The van der Waals surface area contributed by atoms with E-state index in [1.54, 1.807) is 6.08 Å². The van der Waals surface area contributed by atoms with Crippen LogP contribution in [0.15, 0.2) is 40.5 Å². The van der Waals surface area contributed by atoms with Gasteiger partial charge in [0, 0.05) is 22.4 Å². The monoisotopic (exact) mass is 401 g/mol. The van der Waals surface area contributed by atoms with Gasteiger partial charge in [0.05, 0.1) is 5.69 Å². The first kappa shape index (κ1) is 17.5. The standard InChI is InChI=1S/C19H20BrN3O2/c1-4-9-22-18(24)16(21-19(22)25)11-14-10-12(2)23(13(14)3)17-8-6-5-7-15(17)20/h5-8,10-11H,4,9H2,1-3H3,(H,21,25)/b16-11+. The van der Waals surface area contributed by atoms with E-state index in [4.69, 9.17) is 0 Å². The molecule has 0 radical (unpaired) electrons. The molecular formula is C19H20BrN3O2. The summed E-state index contributed by atoms with van der Waals surface area (Å²) in [5.41, 5.74) is 4.34. The maximum Gasteiger partial charge on any atom is 0.329 e. The van der Waals surface area contributed by atoms with Gasteiger partial charge >= 0.3 is 6.03 Å². The molecule has 1 fully saturated rings. The van der Waals surface area contributed by atoms with E-state index in [1.807, 2.05) is 51.1 Å². The molecule has 3 amide bonds. The molecule has 2 heterocycles. The Kier molecular flexibility index (Phi) is 4.81. The van der Waals surface area contributed by atoms with E-state index >= 15 is 0 Å². The Hall–Kier alpha value is -2.34. The van der Waals surface area contributed by atoms with Crippen molar-refractivity contribution in [2.75, 3.05) is 6.54 Å². The molecule has 0 aliphatic carbocycles. The number of hydrogen-bond acceptors (Lipinski definition) is 2. The Labute approximate surface area is 155 Å². The first-order valence-electron chi connectivity index (χ1n) is 8.22. The summed E-state index contributed by atoms with van der Waals surface area (Å²) in [6, 6.07) is 9.66. The molecule has 0 spiro atoms. The highest BCUT2D eigenvalue weighted by atomic mass is 79.9. The maximum atomic E-state index is 12.4. The fraction of sp³-hybridized carbons (Fsp3) is 0.263. The van der Waals surface area contributed by atoms with E-state index in [1.165, 1.54) is 4.90 Å². The average molecular weight is 402 g/mol. The Bertz CT molecular complexity index is 883. The van der Waals surface area contributed by atoms with Crippen molar-refractivity contribution >= 4 is 33.9 Å². The largest absolute Gasteiger partial charge is 0.329 e. The quantitative estimate of drug-likeness (QED) is 0.617. The Morgan fingerprint density at radius 3 is 2.60 bits per heavy atom. The summed E-state index contributed by atoms with van der Waals surface area (Å²) in [5, 5.41) is 2.67. The van der Waals surface area contributed by atoms with Crippen molar-refractivity contribution in [3.63, 3.8) is 0 Å². The van der Waals surface area contributed by atoms with Gasteiger partial charge in [-0.2, -0.15) is 0 Å². The number of hydrogen-bond donors (Lipinski definition) is 1. The zero-order valence-electron chi connectivity index (χ0n) is 14.5. The molecule has 1 N–H and O–H groups in total. The minimum Gasteiger partial charge on any atom is -0.317 e. The molecule has 5 nitrogen and oxygen atoms in total. The second-order valence-electron chi connectivity index (χ2n) is 6.06. The average Bonchev–Trinajstić information content (AvgIpc) is 2.99. The normalized spacial score (nSPS) is 16.0. The molecule has 130 valence electrons. The van der Waals surface area contributed by atoms with Crippen LogP contribution in [0.25, 0.3) is 11.8 Å². The molecule has 0 saturated carbocycles. The highest BCUT2D eigenvalue weighted by Gasteiger charge is 2.32. The summed E-state index contributed by atoms with van der Waals surface area (Å²) in [5.74, 6) is -0.266. The van der Waals surface area contributed by atoms with Crippen molar-refractivity contribution in [2.45, 2.75) is 27.2 Å². The van der Waals surface area contributed by atoms with Crippen LogP contribution < -0.4 is 5.32 Å². The van der Waals surface area contributed by atoms with Crippen LogP contribution in [0.1, 0.15) is 30.3 Å². The summed E-state index contributed by atoms with van der Waals surface area (Å²) in [7, 11) is 0. The summed E-state index contributed by atoms with van der Waals surface area (Å²) in [4.78, 5) is 25.6. The minimum atomic E-state index is -0.349. The lowest BCUT2D eigenvalue weighted by Crippen LogP contribution is -2.31. The number of nitrogens with one attached hydrogen (secondary N) is 1. The number of halogens is 1. The van der Waals surface area contributed by atoms with Crippen molar-refractivity contribution in [1.29, 1.82) is 0 Å². The van der Waals surface area contributed by atoms with Crippen molar-refractivity contribution < 1.29 is 9.59 Å². The molecule has 1 saturated heterocycles. The van der Waals surface area contributed by atoms with Crippen molar-refractivity contribution in [2.24, 2.45) is 0 Å². The second-order valence-corrected chi connectivity index (χ2v) is 6.91. The third kappa shape index (κ3) is 3.14. The molecule has 6 heteroatoms. The van der Waals surface area contributed by atoms with Crippen molar-refractivity contribution in [3.8, 4) is 5.69 Å². The molecular weight excluding hydrogens is 382 g/mol. The Morgan fingerprint density at radius 1 is 1.20 bits per heavy atom. The fourth-order valence-corrected chi connectivity index (χ4v) is 3.55. The summed E-state index contributed by atoms with van der Waals surface area (Å²) in [6.45, 7) is 6.39. The zero-order chi connectivity index (χ0) is 18.1. The molecule has 1 aliphatic rings. The van der Waals surface area contributed by atoms with Gasteiger partial charge in [-0.25, -0.2) is 4.79 Å². The van der Waals surface area contributed by atoms with Gasteiger partial charge in [-0.05, 0) is 66.0 Å². The number of aryl methyl sites for hydroxylation is 1. The van der Waals surface area contributed by atoms with Gasteiger partial charge in [0.1, 0.15) is 5.70 Å². The van der Waals surface area contributed by atoms with Gasteiger partial charge in [-0.3, -0.25) is 9.69 Å². The van der Waals surface area contributed by atoms with E-state index in [0.29, 0.717) is 12.2 Å². The fourth-order valence-electron chi connectivity index (χ4n) is 3.09. The number of amides is 3. The van der Waals surface area contributed by atoms with Gasteiger partial charge in [-0.1, -0.05) is 19.1 Å². The van der Waals surface area contributed by atoms with Gasteiger partial charge in [0.15, 0.2) is 0 Å². The van der Waals surface area contributed by atoms with Crippen molar-refractivity contribution in [1.82, 2.24) is 14.8 Å². The van der Waals surface area contributed by atoms with Gasteiger partial charge in [-0.15, -0.1) is 0 Å². The van der Waals surface area contributed by atoms with E-state index in [-0.39, 0.29) is 11.9 Å². The molecule has 1 aromatic carbocycles. The maximum absolute atomic E-state index is 12.4. The van der Waals surface area contributed by atoms with E-state index in [2.05, 4.69) is 25.8 Å². The Morgan fingerprint density at radius 2 is 1.92 bits per heavy atom. The smallest absolute Gasteiger partial charge is 0.317 e. The van der Waals surface area contributed by atoms with Crippen LogP contribution in [0.2, 0.25) is 0 Å². The van der Waals surface area contributed by atoms with E-state index in [0.717, 1.165) is 33.5 Å². The van der Waals surface area contributed by atoms with Crippen LogP contribution in [-0.4, -0.2) is 28.0 Å². The number of aromatic nitrogens is 1. The third-order valence-corrected chi connectivity index (χ3v) is 4.94. The summed E-state index contributed by atoms with van der Waals surface area (Å²) in [6.07, 6.45) is 2.49. The van der Waals surface area contributed by atoms with Gasteiger partial charge in [0.25, 0.3) is 5.91 Å². The second kappa shape index (κ2) is 6.88. The van der Waals surface area contributed by atoms with Crippen LogP contribution >= 0.6 is 15.9 Å². The van der Waals surface area contributed by atoms with Crippen LogP contribution in [0.5, 0.6) is 0 Å². The number of urea groups is 1. The highest BCUT2D eigenvalue weighted by Crippen LogP contribution is 2.28. The third-order valence-electron chi connectivity index (χ3n) is 4.27. The van der Waals surface area contributed by atoms with Crippen molar-refractivity contribution in [3.05, 3.63) is 57.5 Å². The lowest BCUT2D eigenvalue weighted by Gasteiger charge is -2.11. The number of rotatable bonds is 4. The molecule has 1 aromatic heterocycles. The first-order chi connectivity index (χ1) is 11.9. The molecule has 25 heavy (non-hydrogen) atoms. The predicted octanol–water partition coefficient (Wildman–Crippen LogP) is 4.16. The van der Waals surface area contributed by atoms with Gasteiger partial charge in [0.2, 0.25) is 0 Å². The van der Waals surface area contributed by atoms with Gasteiger partial charge < -0.3 is 9.88 Å². The number of carbonyl (C=O) groups excluding carboxylic acids is 2. The highest BCUT2D eigenvalue weighted by molar-refractivity contribution is 9.10. The number of imide groups is 1. The predicted molar refractivity (Wildman–Crippen MR) is 101 cm³/mol. The first-order valence-corrected chi connectivity index (χ1v) is 9.01. The SMILES string of the molecule is CCCN1C(=O)N/C(=C/c2cc(C)n(-c3ccccc3Br)c2C)C1=O.